The van der Waals surface area contributed by atoms with Crippen molar-refractivity contribution >= 4 is 16.7 Å². The maximum absolute atomic E-state index is 14.0. The minimum absolute atomic E-state index is 0.0167. The van der Waals surface area contributed by atoms with Crippen LogP contribution >= 0.6 is 0 Å². The summed E-state index contributed by atoms with van der Waals surface area (Å²) in [6, 6.07) is 10.5. The highest BCUT2D eigenvalue weighted by atomic mass is 19.1. The molecule has 2 aliphatic heterocycles. The van der Waals surface area contributed by atoms with Crippen LogP contribution in [0.4, 0.5) is 4.39 Å². The SMILES string of the molecule is O=C(c1ccc(F)c2ccccc12)N1CCC(n2ncc3c2CNC3)CC1. The maximum atomic E-state index is 14.0. The molecule has 1 aromatic heterocycles. The zero-order valence-corrected chi connectivity index (χ0v) is 15.0. The van der Waals surface area contributed by atoms with E-state index in [9.17, 15) is 9.18 Å². The molecule has 0 atom stereocenters. The van der Waals surface area contributed by atoms with Crippen LogP contribution in [0.1, 0.15) is 40.5 Å². The molecule has 3 aromatic rings. The smallest absolute Gasteiger partial charge is 0.254 e. The first-order chi connectivity index (χ1) is 13.2. The highest BCUT2D eigenvalue weighted by Gasteiger charge is 2.28. The summed E-state index contributed by atoms with van der Waals surface area (Å²) in [7, 11) is 0. The fourth-order valence-electron chi connectivity index (χ4n) is 4.33. The second-order valence-electron chi connectivity index (χ2n) is 7.33. The van der Waals surface area contributed by atoms with Crippen LogP contribution in [-0.2, 0) is 13.1 Å². The Morgan fingerprint density at radius 2 is 1.85 bits per heavy atom. The topological polar surface area (TPSA) is 50.2 Å². The molecule has 5 rings (SSSR count). The van der Waals surface area contributed by atoms with Crippen molar-refractivity contribution in [2.24, 2.45) is 0 Å². The van der Waals surface area contributed by atoms with Crippen molar-refractivity contribution in [1.29, 1.82) is 0 Å². The highest BCUT2D eigenvalue weighted by molar-refractivity contribution is 6.07. The number of benzene rings is 2. The fourth-order valence-corrected chi connectivity index (χ4v) is 4.33. The van der Waals surface area contributed by atoms with Gasteiger partial charge in [0, 0.05) is 42.7 Å². The third-order valence-electron chi connectivity index (χ3n) is 5.79. The standard InChI is InChI=1S/C21H21FN4O/c22-19-6-5-18(16-3-1-2-4-17(16)19)21(27)25-9-7-15(8-10-25)26-20-13-23-11-14(20)12-24-26/h1-6,12,15,23H,7-11,13H2. The van der Waals surface area contributed by atoms with Gasteiger partial charge in [-0.25, -0.2) is 4.39 Å². The minimum Gasteiger partial charge on any atom is -0.338 e. The number of likely N-dealkylation sites (tertiary alicyclic amines) is 1. The molecular formula is C21H21FN4O. The number of nitrogens with one attached hydrogen (secondary N) is 1. The summed E-state index contributed by atoms with van der Waals surface area (Å²) in [6.07, 6.45) is 3.73. The molecule has 0 saturated carbocycles. The molecule has 1 fully saturated rings. The Morgan fingerprint density at radius 3 is 2.67 bits per heavy atom. The van der Waals surface area contributed by atoms with Gasteiger partial charge < -0.3 is 10.2 Å². The third kappa shape index (κ3) is 2.72. The Hall–Kier alpha value is -2.73. The fraction of sp³-hybridized carbons (Fsp3) is 0.333. The summed E-state index contributed by atoms with van der Waals surface area (Å²) in [5.41, 5.74) is 3.14. The maximum Gasteiger partial charge on any atom is 0.254 e. The molecule has 0 radical (unpaired) electrons. The van der Waals surface area contributed by atoms with E-state index in [1.165, 1.54) is 17.3 Å². The van der Waals surface area contributed by atoms with Crippen LogP contribution in [0.3, 0.4) is 0 Å². The molecule has 1 N–H and O–H groups in total. The van der Waals surface area contributed by atoms with E-state index in [0.717, 1.165) is 25.9 Å². The number of halogens is 1. The summed E-state index contributed by atoms with van der Waals surface area (Å²) in [5.74, 6) is -0.306. The number of aromatic nitrogens is 2. The number of carbonyl (C=O) groups excluding carboxylic acids is 1. The van der Waals surface area contributed by atoms with E-state index in [0.29, 0.717) is 35.5 Å². The highest BCUT2D eigenvalue weighted by Crippen LogP contribution is 2.29. The zero-order valence-electron chi connectivity index (χ0n) is 15.0. The lowest BCUT2D eigenvalue weighted by Gasteiger charge is -2.33. The number of hydrogen-bond donors (Lipinski definition) is 1. The molecule has 2 aromatic carbocycles. The van der Waals surface area contributed by atoms with Gasteiger partial charge in [-0.3, -0.25) is 9.48 Å². The van der Waals surface area contributed by atoms with Gasteiger partial charge in [-0.15, -0.1) is 0 Å². The van der Waals surface area contributed by atoms with Crippen LogP contribution in [0.25, 0.3) is 10.8 Å². The molecule has 2 aliphatic rings. The molecule has 1 saturated heterocycles. The molecule has 3 heterocycles. The minimum atomic E-state index is -0.290. The number of fused-ring (bicyclic) bond motifs is 2. The van der Waals surface area contributed by atoms with Crippen LogP contribution in [0, 0.1) is 5.82 Å². The molecule has 0 spiro atoms. The Labute approximate surface area is 156 Å². The Morgan fingerprint density at radius 1 is 1.07 bits per heavy atom. The predicted molar refractivity (Wildman–Crippen MR) is 101 cm³/mol. The van der Waals surface area contributed by atoms with Crippen molar-refractivity contribution in [2.45, 2.75) is 32.0 Å². The van der Waals surface area contributed by atoms with Crippen molar-refractivity contribution in [1.82, 2.24) is 20.0 Å². The summed E-state index contributed by atoms with van der Waals surface area (Å²) >= 11 is 0. The first-order valence-electron chi connectivity index (χ1n) is 9.45. The monoisotopic (exact) mass is 364 g/mol. The molecule has 1 amide bonds. The summed E-state index contributed by atoms with van der Waals surface area (Å²) in [5, 5.41) is 9.11. The van der Waals surface area contributed by atoms with Gasteiger partial charge in [0.05, 0.1) is 17.9 Å². The lowest BCUT2D eigenvalue weighted by atomic mass is 10.0. The predicted octanol–water partition coefficient (Wildman–Crippen LogP) is 3.26. The van der Waals surface area contributed by atoms with Gasteiger partial charge in [0.2, 0.25) is 0 Å². The second kappa shape index (κ2) is 6.46. The Balaban J connectivity index is 1.35. The van der Waals surface area contributed by atoms with Crippen molar-refractivity contribution < 1.29 is 9.18 Å². The first kappa shape index (κ1) is 16.4. The average molecular weight is 364 g/mol. The number of hydrogen-bond acceptors (Lipinski definition) is 3. The third-order valence-corrected chi connectivity index (χ3v) is 5.79. The number of piperidine rings is 1. The van der Waals surface area contributed by atoms with Gasteiger partial charge in [-0.2, -0.15) is 5.10 Å². The molecule has 0 bridgehead atoms. The van der Waals surface area contributed by atoms with E-state index >= 15 is 0 Å². The van der Waals surface area contributed by atoms with Crippen molar-refractivity contribution in [2.75, 3.05) is 13.1 Å². The van der Waals surface area contributed by atoms with E-state index < -0.39 is 0 Å². The van der Waals surface area contributed by atoms with E-state index in [-0.39, 0.29) is 11.7 Å². The largest absolute Gasteiger partial charge is 0.338 e. The molecule has 6 heteroatoms. The van der Waals surface area contributed by atoms with Gasteiger partial charge in [0.25, 0.3) is 5.91 Å². The number of nitrogens with zero attached hydrogens (tertiary/aromatic N) is 3. The Kier molecular flexibility index (Phi) is 3.93. The molecular weight excluding hydrogens is 343 g/mol. The quantitative estimate of drug-likeness (QED) is 0.759. The lowest BCUT2D eigenvalue weighted by molar-refractivity contribution is 0.0691. The van der Waals surface area contributed by atoms with Gasteiger partial charge in [0.1, 0.15) is 5.82 Å². The van der Waals surface area contributed by atoms with E-state index in [1.54, 1.807) is 18.2 Å². The Bertz CT molecular complexity index is 1020. The summed E-state index contributed by atoms with van der Waals surface area (Å²) < 4.78 is 16.2. The van der Waals surface area contributed by atoms with E-state index in [1.807, 2.05) is 23.2 Å². The van der Waals surface area contributed by atoms with Crippen molar-refractivity contribution in [3.8, 4) is 0 Å². The lowest BCUT2D eigenvalue weighted by Crippen LogP contribution is -2.39. The molecule has 0 aliphatic carbocycles. The van der Waals surface area contributed by atoms with E-state index in [4.69, 9.17) is 0 Å². The first-order valence-corrected chi connectivity index (χ1v) is 9.45. The van der Waals surface area contributed by atoms with Gasteiger partial charge >= 0.3 is 0 Å². The zero-order chi connectivity index (χ0) is 18.4. The van der Waals surface area contributed by atoms with Crippen LogP contribution in [0.5, 0.6) is 0 Å². The number of rotatable bonds is 2. The summed E-state index contributed by atoms with van der Waals surface area (Å²) in [6.45, 7) is 3.15. The van der Waals surface area contributed by atoms with Crippen LogP contribution in [0.2, 0.25) is 0 Å². The van der Waals surface area contributed by atoms with E-state index in [2.05, 4.69) is 15.1 Å². The van der Waals surface area contributed by atoms with Crippen LogP contribution in [0.15, 0.2) is 42.6 Å². The second-order valence-corrected chi connectivity index (χ2v) is 7.33. The van der Waals surface area contributed by atoms with Gasteiger partial charge in [-0.1, -0.05) is 24.3 Å². The van der Waals surface area contributed by atoms with Crippen molar-refractivity contribution in [3.63, 3.8) is 0 Å². The van der Waals surface area contributed by atoms with Crippen molar-refractivity contribution in [3.05, 3.63) is 65.2 Å². The van der Waals surface area contributed by atoms with Crippen LogP contribution in [-0.4, -0.2) is 33.7 Å². The van der Waals surface area contributed by atoms with Gasteiger partial charge in [0.15, 0.2) is 0 Å². The van der Waals surface area contributed by atoms with Gasteiger partial charge in [-0.05, 0) is 30.4 Å². The number of carbonyl (C=O) groups is 1. The number of amides is 1. The molecule has 138 valence electrons. The average Bonchev–Trinajstić information content (AvgIpc) is 3.32. The molecule has 27 heavy (non-hydrogen) atoms. The normalized spacial score (nSPS) is 17.4. The molecule has 5 nitrogen and oxygen atoms in total. The summed E-state index contributed by atoms with van der Waals surface area (Å²) in [4.78, 5) is 15.0. The molecule has 0 unspecified atom stereocenters. The van der Waals surface area contributed by atoms with Crippen LogP contribution < -0.4 is 5.32 Å².